The van der Waals surface area contributed by atoms with E-state index in [9.17, 15) is 14.4 Å². The third-order valence-corrected chi connectivity index (χ3v) is 8.38. The lowest BCUT2D eigenvalue weighted by Gasteiger charge is -2.32. The molecule has 2 amide bonds. The zero-order valence-corrected chi connectivity index (χ0v) is 24.1. The molecule has 0 radical (unpaired) electrons. The number of anilines is 1. The van der Waals surface area contributed by atoms with Gasteiger partial charge in [0.05, 0.1) is 17.9 Å². The quantitative estimate of drug-likeness (QED) is 0.269. The first kappa shape index (κ1) is 28.2. The summed E-state index contributed by atoms with van der Waals surface area (Å²) in [5.41, 5.74) is 5.15. The van der Waals surface area contributed by atoms with Gasteiger partial charge in [-0.15, -0.1) is 0 Å². The van der Waals surface area contributed by atoms with Gasteiger partial charge in [-0.2, -0.15) is 0 Å². The Morgan fingerprint density at radius 2 is 1.73 bits per heavy atom. The van der Waals surface area contributed by atoms with Crippen molar-refractivity contribution in [2.24, 2.45) is 12.0 Å². The van der Waals surface area contributed by atoms with Gasteiger partial charge >= 0.3 is 5.97 Å². The van der Waals surface area contributed by atoms with E-state index in [1.807, 2.05) is 49.5 Å². The number of amides is 2. The number of ether oxygens (including phenoxy) is 1. The summed E-state index contributed by atoms with van der Waals surface area (Å²) in [5.74, 6) is -0.806. The van der Waals surface area contributed by atoms with Crippen LogP contribution in [0.15, 0.2) is 83.9 Å². The Morgan fingerprint density at radius 1 is 1.02 bits per heavy atom. The first-order valence-corrected chi connectivity index (χ1v) is 14.5. The van der Waals surface area contributed by atoms with Crippen molar-refractivity contribution in [2.45, 2.75) is 31.9 Å². The number of hydrogen-bond donors (Lipinski definition) is 1. The van der Waals surface area contributed by atoms with Gasteiger partial charge in [-0.1, -0.05) is 48.2 Å². The summed E-state index contributed by atoms with van der Waals surface area (Å²) in [6.07, 6.45) is 0.708. The van der Waals surface area contributed by atoms with Crippen molar-refractivity contribution in [3.05, 3.63) is 95.7 Å². The number of nitrogens with zero attached hydrogens (tertiary/aromatic N) is 3. The second kappa shape index (κ2) is 12.4. The maximum Gasteiger partial charge on any atom is 0.338 e. The van der Waals surface area contributed by atoms with E-state index in [1.165, 1.54) is 17.3 Å². The van der Waals surface area contributed by atoms with Gasteiger partial charge in [-0.25, -0.2) is 9.79 Å². The van der Waals surface area contributed by atoms with E-state index in [4.69, 9.17) is 9.73 Å². The maximum atomic E-state index is 13.5. The summed E-state index contributed by atoms with van der Waals surface area (Å²) >= 11 is 1.28. The third kappa shape index (κ3) is 6.20. The van der Waals surface area contributed by atoms with E-state index in [-0.39, 0.29) is 18.2 Å². The van der Waals surface area contributed by atoms with Crippen LogP contribution in [0, 0.1) is 6.92 Å². The molecule has 9 heteroatoms. The molecule has 1 saturated heterocycles. The predicted octanol–water partition coefficient (Wildman–Crippen LogP) is 5.87. The molecule has 1 N–H and O–H groups in total. The molecule has 0 aliphatic carbocycles. The third-order valence-electron chi connectivity index (χ3n) is 7.19. The normalized spacial score (nSPS) is 16.3. The highest BCUT2D eigenvalue weighted by Crippen LogP contribution is 2.31. The summed E-state index contributed by atoms with van der Waals surface area (Å²) in [5, 5.41) is 3.90. The smallest absolute Gasteiger partial charge is 0.338 e. The Kier molecular flexibility index (Phi) is 8.54. The van der Waals surface area contributed by atoms with Crippen LogP contribution < -0.4 is 5.32 Å². The van der Waals surface area contributed by atoms with Crippen LogP contribution >= 0.6 is 11.8 Å². The molecule has 0 unspecified atom stereocenters. The molecular formula is C32H32N4O4S. The molecule has 0 bridgehead atoms. The molecule has 5 rings (SSSR count). The number of rotatable bonds is 8. The van der Waals surface area contributed by atoms with Crippen molar-refractivity contribution in [3.63, 3.8) is 0 Å². The number of aromatic nitrogens is 1. The highest BCUT2D eigenvalue weighted by Gasteiger charge is 2.36. The number of aryl methyl sites for hydroxylation is 1. The largest absolute Gasteiger partial charge is 0.462 e. The molecule has 3 aromatic carbocycles. The lowest BCUT2D eigenvalue weighted by atomic mass is 10.1. The zero-order valence-electron chi connectivity index (χ0n) is 23.3. The number of benzene rings is 3. The molecule has 8 nitrogen and oxygen atoms in total. The number of esters is 1. The van der Waals surface area contributed by atoms with Crippen molar-refractivity contribution in [2.75, 3.05) is 18.5 Å². The summed E-state index contributed by atoms with van der Waals surface area (Å²) in [4.78, 5) is 45.3. The van der Waals surface area contributed by atoms with Crippen LogP contribution in [0.1, 0.15) is 35.0 Å². The Labute approximate surface area is 243 Å². The number of nitrogens with one attached hydrogen (secondary N) is 1. The SMILES string of the molecule is CCOC(=O)c1ccc(N=C2S[C@@H](C(=O)Nc3ccccc3)CC(=O)N2CCc2c(C)n(C)c3ccccc23)cc1. The standard InChI is InChI=1S/C32H32N4O4S/c1-4-40-31(39)22-14-16-24(17-15-22)34-32-36(19-18-25-21(2)35(3)27-13-9-8-12-26(25)27)29(37)20-28(41-32)30(38)33-23-10-6-5-7-11-23/h5-17,28H,4,18-20H2,1-3H3,(H,33,38)/t28-/m1/s1. The highest BCUT2D eigenvalue weighted by molar-refractivity contribution is 8.15. The molecule has 210 valence electrons. The van der Waals surface area contributed by atoms with Gasteiger partial charge in [0.1, 0.15) is 5.25 Å². The number of carbonyl (C=O) groups is 3. The average molecular weight is 569 g/mol. The van der Waals surface area contributed by atoms with Crippen LogP contribution in [-0.4, -0.2) is 50.8 Å². The van der Waals surface area contributed by atoms with Crippen molar-refractivity contribution in [1.82, 2.24) is 9.47 Å². The minimum Gasteiger partial charge on any atom is -0.462 e. The average Bonchev–Trinajstić information content (AvgIpc) is 3.22. The molecule has 2 heterocycles. The first-order chi connectivity index (χ1) is 19.9. The van der Waals surface area contributed by atoms with E-state index in [1.54, 1.807) is 36.1 Å². The Balaban J connectivity index is 1.42. The lowest BCUT2D eigenvalue weighted by Crippen LogP contribution is -2.46. The minimum absolute atomic E-state index is 0.0681. The van der Waals surface area contributed by atoms with Gasteiger partial charge in [-0.05, 0) is 68.3 Å². The molecule has 1 aliphatic heterocycles. The van der Waals surface area contributed by atoms with Crippen LogP contribution in [-0.2, 0) is 27.8 Å². The van der Waals surface area contributed by atoms with Crippen molar-refractivity contribution >= 4 is 57.0 Å². The van der Waals surface area contributed by atoms with Gasteiger partial charge in [-0.3, -0.25) is 14.5 Å². The molecule has 0 spiro atoms. The fourth-order valence-corrected chi connectivity index (χ4v) is 6.07. The predicted molar refractivity (Wildman–Crippen MR) is 164 cm³/mol. The molecule has 1 aromatic heterocycles. The molecule has 0 saturated carbocycles. The molecule has 41 heavy (non-hydrogen) atoms. The Morgan fingerprint density at radius 3 is 2.46 bits per heavy atom. The summed E-state index contributed by atoms with van der Waals surface area (Å²) in [7, 11) is 2.05. The van der Waals surface area contributed by atoms with Gasteiger partial charge in [0.15, 0.2) is 5.17 Å². The monoisotopic (exact) mass is 568 g/mol. The van der Waals surface area contributed by atoms with E-state index in [0.29, 0.717) is 41.7 Å². The van der Waals surface area contributed by atoms with Gasteiger partial charge < -0.3 is 14.6 Å². The first-order valence-electron chi connectivity index (χ1n) is 13.6. The van der Waals surface area contributed by atoms with E-state index < -0.39 is 11.2 Å². The number of carbonyl (C=O) groups excluding carboxylic acids is 3. The number of thioether (sulfide) groups is 1. The van der Waals surface area contributed by atoms with Crippen molar-refractivity contribution < 1.29 is 19.1 Å². The minimum atomic E-state index is -0.629. The lowest BCUT2D eigenvalue weighted by molar-refractivity contribution is -0.129. The van der Waals surface area contributed by atoms with E-state index >= 15 is 0 Å². The second-order valence-electron chi connectivity index (χ2n) is 9.76. The molecule has 1 atom stereocenters. The molecular weight excluding hydrogens is 536 g/mol. The highest BCUT2D eigenvalue weighted by atomic mass is 32.2. The van der Waals surface area contributed by atoms with Gasteiger partial charge in [0.25, 0.3) is 0 Å². The summed E-state index contributed by atoms with van der Waals surface area (Å²) in [6.45, 7) is 4.56. The fourth-order valence-electron chi connectivity index (χ4n) is 4.94. The second-order valence-corrected chi connectivity index (χ2v) is 10.9. The van der Waals surface area contributed by atoms with E-state index in [2.05, 4.69) is 28.9 Å². The number of hydrogen-bond acceptors (Lipinski definition) is 6. The molecule has 1 aliphatic rings. The van der Waals surface area contributed by atoms with E-state index in [0.717, 1.165) is 16.6 Å². The van der Waals surface area contributed by atoms with Crippen molar-refractivity contribution in [3.8, 4) is 0 Å². The summed E-state index contributed by atoms with van der Waals surface area (Å²) < 4.78 is 7.24. The number of aliphatic imine (C=N–C) groups is 1. The molecule has 4 aromatic rings. The Bertz CT molecular complexity index is 1610. The fraction of sp³-hybridized carbons (Fsp3) is 0.250. The topological polar surface area (TPSA) is 93.0 Å². The van der Waals surface area contributed by atoms with Crippen molar-refractivity contribution in [1.29, 1.82) is 0 Å². The number of fused-ring (bicyclic) bond motifs is 1. The van der Waals surface area contributed by atoms with Gasteiger partial charge in [0, 0.05) is 42.3 Å². The summed E-state index contributed by atoms with van der Waals surface area (Å²) in [6, 6.07) is 24.2. The van der Waals surface area contributed by atoms with Crippen LogP contribution in [0.5, 0.6) is 0 Å². The van der Waals surface area contributed by atoms with Crippen LogP contribution in [0.2, 0.25) is 0 Å². The van der Waals surface area contributed by atoms with Crippen LogP contribution in [0.25, 0.3) is 10.9 Å². The zero-order chi connectivity index (χ0) is 28.9. The van der Waals surface area contributed by atoms with Crippen LogP contribution in [0.4, 0.5) is 11.4 Å². The molecule has 1 fully saturated rings. The number of para-hydroxylation sites is 2. The van der Waals surface area contributed by atoms with Crippen LogP contribution in [0.3, 0.4) is 0 Å². The Hall–Kier alpha value is -4.37. The van der Waals surface area contributed by atoms with Gasteiger partial charge in [0.2, 0.25) is 11.8 Å². The number of amidine groups is 1. The maximum absolute atomic E-state index is 13.5.